The molecule has 86 valence electrons. The topological polar surface area (TPSA) is 57.5 Å². The zero-order valence-electron chi connectivity index (χ0n) is 8.69. The number of carbonyl (C=O) groups is 1. The first-order valence-electron chi connectivity index (χ1n) is 5.18. The lowest BCUT2D eigenvalue weighted by Gasteiger charge is -2.41. The third-order valence-electron chi connectivity index (χ3n) is 3.02. The van der Waals surface area contributed by atoms with Crippen LogP contribution in [-0.4, -0.2) is 21.8 Å². The number of rotatable bonds is 3. The van der Waals surface area contributed by atoms with Crippen LogP contribution in [0, 0.1) is 5.92 Å². The summed E-state index contributed by atoms with van der Waals surface area (Å²) in [6.45, 7) is 0. The third-order valence-corrected chi connectivity index (χ3v) is 3.52. The Morgan fingerprint density at radius 1 is 1.50 bits per heavy atom. The minimum absolute atomic E-state index is 0.356. The van der Waals surface area contributed by atoms with E-state index in [1.807, 2.05) is 24.3 Å². The van der Waals surface area contributed by atoms with Crippen molar-refractivity contribution in [2.75, 3.05) is 0 Å². The van der Waals surface area contributed by atoms with Crippen molar-refractivity contribution in [2.24, 2.45) is 5.92 Å². The van der Waals surface area contributed by atoms with Crippen LogP contribution in [0.15, 0.2) is 28.7 Å². The predicted molar refractivity (Wildman–Crippen MR) is 63.2 cm³/mol. The van der Waals surface area contributed by atoms with E-state index in [4.69, 9.17) is 5.11 Å². The molecule has 1 aliphatic rings. The molecule has 16 heavy (non-hydrogen) atoms. The van der Waals surface area contributed by atoms with E-state index in [1.54, 1.807) is 0 Å². The highest BCUT2D eigenvalue weighted by Crippen LogP contribution is 2.40. The van der Waals surface area contributed by atoms with E-state index in [1.165, 1.54) is 0 Å². The van der Waals surface area contributed by atoms with E-state index in [0.717, 1.165) is 10.0 Å². The number of halogens is 1. The van der Waals surface area contributed by atoms with Gasteiger partial charge in [0.2, 0.25) is 0 Å². The smallest absolute Gasteiger partial charge is 0.306 e. The molecule has 0 radical (unpaired) electrons. The second-order valence-corrected chi connectivity index (χ2v) is 5.39. The Morgan fingerprint density at radius 2 is 2.19 bits per heavy atom. The van der Waals surface area contributed by atoms with E-state index < -0.39 is 11.6 Å². The molecular formula is C12H13BrO3. The van der Waals surface area contributed by atoms with Gasteiger partial charge in [0, 0.05) is 10.9 Å². The van der Waals surface area contributed by atoms with Crippen LogP contribution in [0.25, 0.3) is 0 Å². The van der Waals surface area contributed by atoms with Crippen LogP contribution >= 0.6 is 15.9 Å². The molecule has 4 heteroatoms. The SMILES string of the molecule is O=C(O)C1CC(O)(Cc2cccc(Br)c2)C1. The monoisotopic (exact) mass is 284 g/mol. The molecule has 0 heterocycles. The summed E-state index contributed by atoms with van der Waals surface area (Å²) in [4.78, 5) is 10.7. The van der Waals surface area contributed by atoms with E-state index >= 15 is 0 Å². The molecule has 0 spiro atoms. The van der Waals surface area contributed by atoms with Crippen molar-refractivity contribution in [2.45, 2.75) is 24.9 Å². The van der Waals surface area contributed by atoms with Crippen molar-refractivity contribution < 1.29 is 15.0 Å². The second-order valence-electron chi connectivity index (χ2n) is 4.47. The van der Waals surface area contributed by atoms with Crippen LogP contribution in [0.1, 0.15) is 18.4 Å². The van der Waals surface area contributed by atoms with Gasteiger partial charge < -0.3 is 10.2 Å². The number of aliphatic carboxylic acids is 1. The molecule has 0 amide bonds. The summed E-state index contributed by atoms with van der Waals surface area (Å²) in [6, 6.07) is 7.73. The van der Waals surface area contributed by atoms with Crippen LogP contribution in [0.3, 0.4) is 0 Å². The number of carboxylic acids is 1. The summed E-state index contributed by atoms with van der Waals surface area (Å²) in [6.07, 6.45) is 1.24. The maximum absolute atomic E-state index is 10.7. The second kappa shape index (κ2) is 4.18. The highest BCUT2D eigenvalue weighted by molar-refractivity contribution is 9.10. The van der Waals surface area contributed by atoms with Crippen LogP contribution in [0.5, 0.6) is 0 Å². The molecule has 1 aliphatic carbocycles. The molecule has 2 N–H and O–H groups in total. The Morgan fingerprint density at radius 3 is 2.75 bits per heavy atom. The first-order valence-corrected chi connectivity index (χ1v) is 5.97. The fourth-order valence-electron chi connectivity index (χ4n) is 2.20. The van der Waals surface area contributed by atoms with E-state index in [-0.39, 0.29) is 5.92 Å². The van der Waals surface area contributed by atoms with E-state index in [0.29, 0.717) is 19.3 Å². The number of aliphatic hydroxyl groups is 1. The minimum Gasteiger partial charge on any atom is -0.481 e. The van der Waals surface area contributed by atoms with Crippen molar-refractivity contribution >= 4 is 21.9 Å². The van der Waals surface area contributed by atoms with Crippen molar-refractivity contribution in [1.29, 1.82) is 0 Å². The third kappa shape index (κ3) is 2.44. The Kier molecular flexibility index (Phi) is 3.04. The van der Waals surface area contributed by atoms with Gasteiger partial charge in [-0.25, -0.2) is 0 Å². The van der Waals surface area contributed by atoms with E-state index in [9.17, 15) is 9.90 Å². The molecule has 0 unspecified atom stereocenters. The van der Waals surface area contributed by atoms with Gasteiger partial charge in [-0.3, -0.25) is 4.79 Å². The van der Waals surface area contributed by atoms with Gasteiger partial charge in [-0.15, -0.1) is 0 Å². The van der Waals surface area contributed by atoms with Crippen molar-refractivity contribution in [3.63, 3.8) is 0 Å². The Bertz CT molecular complexity index is 410. The van der Waals surface area contributed by atoms with Gasteiger partial charge in [-0.05, 0) is 30.5 Å². The maximum atomic E-state index is 10.7. The number of carboxylic acid groups (broad SMARTS) is 1. The molecule has 3 nitrogen and oxygen atoms in total. The lowest BCUT2D eigenvalue weighted by atomic mass is 9.68. The van der Waals surface area contributed by atoms with Crippen LogP contribution < -0.4 is 0 Å². The van der Waals surface area contributed by atoms with Gasteiger partial charge in [0.05, 0.1) is 11.5 Å². The molecular weight excluding hydrogens is 272 g/mol. The van der Waals surface area contributed by atoms with Gasteiger partial charge >= 0.3 is 5.97 Å². The molecule has 0 saturated heterocycles. The highest BCUT2D eigenvalue weighted by atomic mass is 79.9. The summed E-state index contributed by atoms with van der Waals surface area (Å²) in [7, 11) is 0. The van der Waals surface area contributed by atoms with E-state index in [2.05, 4.69) is 15.9 Å². The largest absolute Gasteiger partial charge is 0.481 e. The van der Waals surface area contributed by atoms with Gasteiger partial charge in [-0.2, -0.15) is 0 Å². The van der Waals surface area contributed by atoms with Gasteiger partial charge in [-0.1, -0.05) is 28.1 Å². The highest BCUT2D eigenvalue weighted by Gasteiger charge is 2.46. The van der Waals surface area contributed by atoms with Gasteiger partial charge in [0.15, 0.2) is 0 Å². The standard InChI is InChI=1S/C12H13BrO3/c13-10-3-1-2-8(4-10)5-12(16)6-9(7-12)11(14)15/h1-4,9,16H,5-7H2,(H,14,15). The van der Waals surface area contributed by atoms with Crippen molar-refractivity contribution in [3.05, 3.63) is 34.3 Å². The van der Waals surface area contributed by atoms with Crippen molar-refractivity contribution in [1.82, 2.24) is 0 Å². The molecule has 0 aliphatic heterocycles. The summed E-state index contributed by atoms with van der Waals surface area (Å²) >= 11 is 3.37. The molecule has 2 rings (SSSR count). The fraction of sp³-hybridized carbons (Fsp3) is 0.417. The molecule has 1 saturated carbocycles. The molecule has 1 aromatic rings. The summed E-state index contributed by atoms with van der Waals surface area (Å²) in [5, 5.41) is 18.9. The zero-order valence-corrected chi connectivity index (χ0v) is 10.3. The Labute approximate surface area is 102 Å². The summed E-state index contributed by atoms with van der Waals surface area (Å²) in [5.41, 5.74) is 0.199. The first-order chi connectivity index (χ1) is 7.48. The normalized spacial score (nSPS) is 28.5. The lowest BCUT2D eigenvalue weighted by molar-refractivity contribution is -0.158. The average molecular weight is 285 g/mol. The molecule has 1 fully saturated rings. The first kappa shape index (κ1) is 11.6. The Hall–Kier alpha value is -0.870. The maximum Gasteiger partial charge on any atom is 0.306 e. The molecule has 1 aromatic carbocycles. The van der Waals surface area contributed by atoms with Crippen molar-refractivity contribution in [3.8, 4) is 0 Å². The minimum atomic E-state index is -0.830. The summed E-state index contributed by atoms with van der Waals surface area (Å²) in [5.74, 6) is -1.18. The Balaban J connectivity index is 1.99. The van der Waals surface area contributed by atoms with Gasteiger partial charge in [0.1, 0.15) is 0 Å². The summed E-state index contributed by atoms with van der Waals surface area (Å²) < 4.78 is 0.975. The van der Waals surface area contributed by atoms with Gasteiger partial charge in [0.25, 0.3) is 0 Å². The lowest BCUT2D eigenvalue weighted by Crippen LogP contribution is -2.48. The van der Waals surface area contributed by atoms with Crippen LogP contribution in [0.4, 0.5) is 0 Å². The number of hydrogen-bond acceptors (Lipinski definition) is 2. The zero-order chi connectivity index (χ0) is 11.8. The molecule has 0 atom stereocenters. The fourth-order valence-corrected chi connectivity index (χ4v) is 2.65. The predicted octanol–water partition coefficient (Wildman–Crippen LogP) is 2.22. The number of hydrogen-bond donors (Lipinski definition) is 2. The van der Waals surface area contributed by atoms with Crippen LogP contribution in [-0.2, 0) is 11.2 Å². The van der Waals surface area contributed by atoms with Crippen LogP contribution in [0.2, 0.25) is 0 Å². The quantitative estimate of drug-likeness (QED) is 0.895. The number of benzene rings is 1. The molecule has 0 aromatic heterocycles. The molecule has 0 bridgehead atoms. The average Bonchev–Trinajstić information content (AvgIpc) is 2.13.